The SMILES string of the molecule is CN=C(NCCc1ccco1)N(C)CC1CCC(C)CC1.I. The van der Waals surface area contributed by atoms with Crippen molar-refractivity contribution in [3.05, 3.63) is 24.2 Å². The minimum Gasteiger partial charge on any atom is -0.469 e. The fourth-order valence-corrected chi connectivity index (χ4v) is 3.12. The molecule has 0 aromatic carbocycles. The van der Waals surface area contributed by atoms with Gasteiger partial charge in [-0.3, -0.25) is 4.99 Å². The van der Waals surface area contributed by atoms with E-state index in [1.54, 1.807) is 6.26 Å². The van der Waals surface area contributed by atoms with E-state index in [0.29, 0.717) is 0 Å². The largest absolute Gasteiger partial charge is 0.469 e. The molecule has 1 saturated carbocycles. The van der Waals surface area contributed by atoms with E-state index in [1.165, 1.54) is 25.7 Å². The monoisotopic (exact) mass is 419 g/mol. The summed E-state index contributed by atoms with van der Waals surface area (Å²) in [5, 5.41) is 3.42. The number of rotatable bonds is 5. The molecule has 0 atom stereocenters. The third-order valence-corrected chi connectivity index (χ3v) is 4.48. The molecule has 1 fully saturated rings. The second kappa shape index (κ2) is 10.1. The Hall–Kier alpha value is -0.720. The van der Waals surface area contributed by atoms with Gasteiger partial charge in [-0.15, -0.1) is 24.0 Å². The zero-order chi connectivity index (χ0) is 15.1. The Balaban J connectivity index is 0.00000242. The van der Waals surface area contributed by atoms with Crippen molar-refractivity contribution in [2.45, 2.75) is 39.0 Å². The van der Waals surface area contributed by atoms with Crippen LogP contribution in [0.2, 0.25) is 0 Å². The smallest absolute Gasteiger partial charge is 0.193 e. The average Bonchev–Trinajstić information content (AvgIpc) is 2.99. The fourth-order valence-electron chi connectivity index (χ4n) is 3.12. The van der Waals surface area contributed by atoms with Crippen LogP contribution in [0.3, 0.4) is 0 Å². The standard InChI is InChI=1S/C17H29N3O.HI/c1-14-6-8-15(9-7-14)13-20(3)17(18-2)19-11-10-16-5-4-12-21-16;/h4-5,12,14-15H,6-11,13H2,1-3H3,(H,18,19);1H. The summed E-state index contributed by atoms with van der Waals surface area (Å²) in [4.78, 5) is 6.65. The van der Waals surface area contributed by atoms with Gasteiger partial charge in [-0.25, -0.2) is 0 Å². The minimum atomic E-state index is 0. The van der Waals surface area contributed by atoms with Crippen LogP contribution in [0.15, 0.2) is 27.8 Å². The summed E-state index contributed by atoms with van der Waals surface area (Å²) < 4.78 is 5.35. The molecule has 0 radical (unpaired) electrons. The van der Waals surface area contributed by atoms with Crippen LogP contribution in [0.25, 0.3) is 0 Å². The number of hydrogen-bond acceptors (Lipinski definition) is 2. The first-order valence-electron chi connectivity index (χ1n) is 8.13. The van der Waals surface area contributed by atoms with Crippen molar-refractivity contribution in [1.29, 1.82) is 0 Å². The van der Waals surface area contributed by atoms with Crippen molar-refractivity contribution in [2.75, 3.05) is 27.2 Å². The van der Waals surface area contributed by atoms with Gasteiger partial charge in [-0.05, 0) is 36.8 Å². The molecular weight excluding hydrogens is 389 g/mol. The first-order chi connectivity index (χ1) is 10.2. The van der Waals surface area contributed by atoms with E-state index in [1.807, 2.05) is 19.2 Å². The second-order valence-corrected chi connectivity index (χ2v) is 6.31. The van der Waals surface area contributed by atoms with Crippen molar-refractivity contribution < 1.29 is 4.42 Å². The van der Waals surface area contributed by atoms with E-state index in [9.17, 15) is 0 Å². The molecule has 0 saturated heterocycles. The zero-order valence-corrected chi connectivity index (χ0v) is 16.4. The Labute approximate surface area is 151 Å². The Morgan fingerprint density at radius 2 is 2.09 bits per heavy atom. The highest BCUT2D eigenvalue weighted by molar-refractivity contribution is 14.0. The van der Waals surface area contributed by atoms with Crippen molar-refractivity contribution in [3.8, 4) is 0 Å². The van der Waals surface area contributed by atoms with Crippen LogP contribution in [0.4, 0.5) is 0 Å². The van der Waals surface area contributed by atoms with Gasteiger partial charge in [0, 0.05) is 33.6 Å². The van der Waals surface area contributed by atoms with Crippen LogP contribution in [-0.2, 0) is 6.42 Å². The average molecular weight is 419 g/mol. The molecule has 0 unspecified atom stereocenters. The predicted octanol–water partition coefficient (Wildman–Crippen LogP) is 3.77. The molecule has 0 bridgehead atoms. The lowest BCUT2D eigenvalue weighted by atomic mass is 9.83. The van der Waals surface area contributed by atoms with Gasteiger partial charge < -0.3 is 14.6 Å². The van der Waals surface area contributed by atoms with E-state index >= 15 is 0 Å². The van der Waals surface area contributed by atoms with Crippen LogP contribution >= 0.6 is 24.0 Å². The van der Waals surface area contributed by atoms with Crippen LogP contribution in [0.5, 0.6) is 0 Å². The van der Waals surface area contributed by atoms with Gasteiger partial charge in [0.25, 0.3) is 0 Å². The summed E-state index contributed by atoms with van der Waals surface area (Å²) in [6, 6.07) is 3.94. The van der Waals surface area contributed by atoms with E-state index in [4.69, 9.17) is 4.42 Å². The van der Waals surface area contributed by atoms with Crippen LogP contribution < -0.4 is 5.32 Å². The highest BCUT2D eigenvalue weighted by Crippen LogP contribution is 2.28. The summed E-state index contributed by atoms with van der Waals surface area (Å²) in [6.45, 7) is 4.33. The maximum Gasteiger partial charge on any atom is 0.193 e. The van der Waals surface area contributed by atoms with Gasteiger partial charge in [-0.2, -0.15) is 0 Å². The van der Waals surface area contributed by atoms with E-state index in [0.717, 1.165) is 43.1 Å². The molecule has 0 spiro atoms. The lowest BCUT2D eigenvalue weighted by molar-refractivity contribution is 0.250. The van der Waals surface area contributed by atoms with E-state index in [2.05, 4.69) is 29.2 Å². The Morgan fingerprint density at radius 1 is 1.36 bits per heavy atom. The van der Waals surface area contributed by atoms with Crippen LogP contribution in [0.1, 0.15) is 38.4 Å². The quantitative estimate of drug-likeness (QED) is 0.449. The van der Waals surface area contributed by atoms with Crippen molar-refractivity contribution in [2.24, 2.45) is 16.8 Å². The summed E-state index contributed by atoms with van der Waals surface area (Å²) in [6.07, 6.45) is 8.08. The number of furan rings is 1. The molecule has 1 heterocycles. The normalized spacial score (nSPS) is 22.0. The maximum atomic E-state index is 5.35. The van der Waals surface area contributed by atoms with Gasteiger partial charge in [0.15, 0.2) is 5.96 Å². The van der Waals surface area contributed by atoms with Crippen LogP contribution in [0, 0.1) is 11.8 Å². The molecule has 2 rings (SSSR count). The second-order valence-electron chi connectivity index (χ2n) is 6.31. The molecule has 0 aliphatic heterocycles. The Morgan fingerprint density at radius 3 is 2.68 bits per heavy atom. The molecule has 126 valence electrons. The summed E-state index contributed by atoms with van der Waals surface area (Å²) in [5.74, 6) is 3.73. The number of nitrogens with zero attached hydrogens (tertiary/aromatic N) is 2. The lowest BCUT2D eigenvalue weighted by Crippen LogP contribution is -2.42. The number of hydrogen-bond donors (Lipinski definition) is 1. The number of nitrogens with one attached hydrogen (secondary N) is 1. The lowest BCUT2D eigenvalue weighted by Gasteiger charge is -2.31. The molecular formula is C17H30IN3O. The van der Waals surface area contributed by atoms with Gasteiger partial charge >= 0.3 is 0 Å². The first kappa shape index (κ1) is 19.3. The molecule has 1 aliphatic carbocycles. The predicted molar refractivity (Wildman–Crippen MR) is 103 cm³/mol. The van der Waals surface area contributed by atoms with Gasteiger partial charge in [0.1, 0.15) is 5.76 Å². The molecule has 22 heavy (non-hydrogen) atoms. The first-order valence-corrected chi connectivity index (χ1v) is 8.13. The summed E-state index contributed by atoms with van der Waals surface area (Å²) in [7, 11) is 3.99. The molecule has 4 nitrogen and oxygen atoms in total. The highest BCUT2D eigenvalue weighted by Gasteiger charge is 2.20. The molecule has 5 heteroatoms. The topological polar surface area (TPSA) is 40.8 Å². The molecule has 1 aromatic heterocycles. The number of aliphatic imine (C=N–C) groups is 1. The van der Waals surface area contributed by atoms with Gasteiger partial charge in [-0.1, -0.05) is 19.8 Å². The molecule has 1 N–H and O–H groups in total. The molecule has 1 aromatic rings. The van der Waals surface area contributed by atoms with Crippen molar-refractivity contribution >= 4 is 29.9 Å². The third kappa shape index (κ3) is 6.18. The minimum absolute atomic E-state index is 0. The van der Waals surface area contributed by atoms with Crippen molar-refractivity contribution in [1.82, 2.24) is 10.2 Å². The zero-order valence-electron chi connectivity index (χ0n) is 14.0. The fraction of sp³-hybridized carbons (Fsp3) is 0.706. The maximum absolute atomic E-state index is 5.35. The van der Waals surface area contributed by atoms with Crippen LogP contribution in [-0.4, -0.2) is 38.0 Å². The van der Waals surface area contributed by atoms with Gasteiger partial charge in [0.05, 0.1) is 6.26 Å². The van der Waals surface area contributed by atoms with Crippen molar-refractivity contribution in [3.63, 3.8) is 0 Å². The van der Waals surface area contributed by atoms with Gasteiger partial charge in [0.2, 0.25) is 0 Å². The number of halogens is 1. The Bertz CT molecular complexity index is 425. The third-order valence-electron chi connectivity index (χ3n) is 4.48. The molecule has 0 amide bonds. The summed E-state index contributed by atoms with van der Waals surface area (Å²) >= 11 is 0. The van der Waals surface area contributed by atoms with E-state index < -0.39 is 0 Å². The highest BCUT2D eigenvalue weighted by atomic mass is 127. The summed E-state index contributed by atoms with van der Waals surface area (Å²) in [5.41, 5.74) is 0. The van der Waals surface area contributed by atoms with E-state index in [-0.39, 0.29) is 24.0 Å². The molecule has 1 aliphatic rings. The number of guanidine groups is 1. The Kier molecular flexibility index (Phi) is 8.90.